The van der Waals surface area contributed by atoms with Crippen molar-refractivity contribution in [2.75, 3.05) is 0 Å². The largest absolute Gasteiger partial charge is 0.444 e. The Morgan fingerprint density at radius 3 is 2.42 bits per heavy atom. The first kappa shape index (κ1) is 30.2. The lowest BCUT2D eigenvalue weighted by Crippen LogP contribution is -2.52. The van der Waals surface area contributed by atoms with Gasteiger partial charge in [-0.25, -0.2) is 4.79 Å². The Morgan fingerprint density at radius 1 is 1.22 bits per heavy atom. The van der Waals surface area contributed by atoms with E-state index in [4.69, 9.17) is 16.9 Å². The van der Waals surface area contributed by atoms with Crippen LogP contribution >= 0.6 is 0 Å². The molecule has 0 aliphatic carbocycles. The van der Waals surface area contributed by atoms with Gasteiger partial charge in [-0.3, -0.25) is 19.3 Å². The number of terminal acetylenes is 1. The molecule has 0 aliphatic heterocycles. The molecule has 9 heteroatoms. The maximum Gasteiger partial charge on any atom is 0.408 e. The number of ether oxygens (including phenoxy) is 1. The predicted octanol–water partition coefficient (Wildman–Crippen LogP) is 3.25. The smallest absolute Gasteiger partial charge is 0.408 e. The second kappa shape index (κ2) is 13.9. The van der Waals surface area contributed by atoms with Crippen LogP contribution < -0.4 is 16.4 Å². The maximum absolute atomic E-state index is 13.6. The monoisotopic (exact) mass is 498 g/mol. The highest BCUT2D eigenvalue weighted by molar-refractivity contribution is 5.93. The fourth-order valence-corrected chi connectivity index (χ4v) is 3.53. The van der Waals surface area contributed by atoms with Gasteiger partial charge >= 0.3 is 6.09 Å². The average molecular weight is 499 g/mol. The summed E-state index contributed by atoms with van der Waals surface area (Å²) in [6.07, 6.45) is 7.76. The van der Waals surface area contributed by atoms with Gasteiger partial charge in [-0.05, 0) is 57.7 Å². The van der Waals surface area contributed by atoms with Gasteiger partial charge in [-0.15, -0.1) is 0 Å². The van der Waals surface area contributed by atoms with Crippen LogP contribution in [0.15, 0.2) is 30.8 Å². The lowest BCUT2D eigenvalue weighted by Gasteiger charge is -2.31. The molecule has 3 atom stereocenters. The summed E-state index contributed by atoms with van der Waals surface area (Å²) >= 11 is 0. The number of nitrogens with one attached hydrogen (secondary N) is 2. The van der Waals surface area contributed by atoms with Crippen LogP contribution in [0.3, 0.4) is 0 Å². The van der Waals surface area contributed by atoms with Crippen molar-refractivity contribution in [3.05, 3.63) is 42.0 Å². The maximum atomic E-state index is 13.6. The first-order valence-corrected chi connectivity index (χ1v) is 11.9. The van der Waals surface area contributed by atoms with E-state index >= 15 is 0 Å². The molecule has 0 heterocycles. The number of benzene rings is 1. The molecule has 4 N–H and O–H groups in total. The zero-order chi connectivity index (χ0) is 27.5. The summed E-state index contributed by atoms with van der Waals surface area (Å²) in [7, 11) is 0. The number of nitrogens with two attached hydrogens (primary N) is 1. The molecule has 0 bridgehead atoms. The second-order valence-corrected chi connectivity index (χ2v) is 9.52. The molecule has 0 saturated carbocycles. The van der Waals surface area contributed by atoms with Gasteiger partial charge in [0.1, 0.15) is 17.7 Å². The van der Waals surface area contributed by atoms with E-state index in [1.807, 2.05) is 13.8 Å². The summed E-state index contributed by atoms with van der Waals surface area (Å²) in [5, 5.41) is 5.38. The number of nitrogens with zero attached hydrogens (tertiary/aromatic N) is 1. The molecule has 3 unspecified atom stereocenters. The first-order valence-electron chi connectivity index (χ1n) is 11.9. The van der Waals surface area contributed by atoms with Crippen LogP contribution in [-0.2, 0) is 19.1 Å². The number of carbonyl (C=O) groups excluding carboxylic acids is 4. The molecule has 36 heavy (non-hydrogen) atoms. The minimum absolute atomic E-state index is 0.126. The van der Waals surface area contributed by atoms with E-state index in [0.29, 0.717) is 5.56 Å². The molecule has 196 valence electrons. The normalized spacial score (nSPS) is 13.3. The Morgan fingerprint density at radius 2 is 1.89 bits per heavy atom. The van der Waals surface area contributed by atoms with Gasteiger partial charge in [0.15, 0.2) is 0 Å². The zero-order valence-electron chi connectivity index (χ0n) is 21.8. The van der Waals surface area contributed by atoms with Crippen molar-refractivity contribution in [1.82, 2.24) is 15.5 Å². The molecule has 0 spiro atoms. The molecule has 0 fully saturated rings. The van der Waals surface area contributed by atoms with E-state index in [-0.39, 0.29) is 18.9 Å². The molecule has 1 aromatic carbocycles. The summed E-state index contributed by atoms with van der Waals surface area (Å²) in [5.74, 6) is -1.89. The van der Waals surface area contributed by atoms with E-state index in [9.17, 15) is 19.2 Å². The molecule has 4 amide bonds. The third kappa shape index (κ3) is 9.82. The molecule has 0 aromatic heterocycles. The third-order valence-electron chi connectivity index (χ3n) is 5.12. The molecule has 0 radical (unpaired) electrons. The number of rotatable bonds is 12. The number of hydrogen-bond donors (Lipinski definition) is 3. The van der Waals surface area contributed by atoms with Crippen LogP contribution in [0.5, 0.6) is 0 Å². The molecule has 0 saturated heterocycles. The van der Waals surface area contributed by atoms with Crippen molar-refractivity contribution in [3.63, 3.8) is 0 Å². The molecule has 1 rings (SSSR count). The SMILES string of the molecule is C#CN(C(=O)C(CCC(N)=O)NC(=O)OC(C)(C)C)C(C(=O)NC(C)CCC)c1cccc(C=C)c1. The Labute approximate surface area is 213 Å². The van der Waals surface area contributed by atoms with E-state index in [1.54, 1.807) is 51.1 Å². The van der Waals surface area contributed by atoms with Crippen molar-refractivity contribution < 1.29 is 23.9 Å². The quantitative estimate of drug-likeness (QED) is 0.301. The molecular formula is C27H38N4O5. The van der Waals surface area contributed by atoms with Crippen molar-refractivity contribution in [3.8, 4) is 12.5 Å². The van der Waals surface area contributed by atoms with Gasteiger partial charge in [-0.2, -0.15) is 0 Å². The van der Waals surface area contributed by atoms with E-state index in [0.717, 1.165) is 23.3 Å². The fourth-order valence-electron chi connectivity index (χ4n) is 3.53. The van der Waals surface area contributed by atoms with Crippen LogP contribution in [0.25, 0.3) is 6.08 Å². The number of alkyl carbamates (subject to hydrolysis) is 1. The van der Waals surface area contributed by atoms with Gasteiger partial charge in [-0.1, -0.05) is 50.6 Å². The second-order valence-electron chi connectivity index (χ2n) is 9.52. The lowest BCUT2D eigenvalue weighted by atomic mass is 9.99. The van der Waals surface area contributed by atoms with Crippen molar-refractivity contribution in [1.29, 1.82) is 0 Å². The third-order valence-corrected chi connectivity index (χ3v) is 5.12. The first-order chi connectivity index (χ1) is 16.8. The summed E-state index contributed by atoms with van der Waals surface area (Å²) in [4.78, 5) is 51.9. The summed E-state index contributed by atoms with van der Waals surface area (Å²) in [6, 6.07) is 6.60. The number of hydrogen-bond acceptors (Lipinski definition) is 5. The fraction of sp³-hybridized carbons (Fsp3) is 0.481. The standard InChI is InChI=1S/C27H38N4O5/c1-8-12-18(4)29-24(33)23(20-14-11-13-19(9-2)17-20)31(10-3)25(34)21(15-16-22(28)32)30-26(35)36-27(5,6)7/h3,9,11,13-14,17-18,21,23H,2,8,12,15-16H2,1,4-7H3,(H2,28,32)(H,29,33)(H,30,35). The van der Waals surface area contributed by atoms with E-state index in [1.165, 1.54) is 0 Å². The summed E-state index contributed by atoms with van der Waals surface area (Å²) < 4.78 is 5.26. The minimum atomic E-state index is -1.26. The van der Waals surface area contributed by atoms with Crippen molar-refractivity contribution in [2.24, 2.45) is 5.73 Å². The Hall–Kier alpha value is -3.80. The zero-order valence-corrected chi connectivity index (χ0v) is 21.8. The summed E-state index contributed by atoms with van der Waals surface area (Å²) in [5.41, 5.74) is 5.65. The minimum Gasteiger partial charge on any atom is -0.444 e. The molecule has 1 aromatic rings. The highest BCUT2D eigenvalue weighted by atomic mass is 16.6. The molecule has 0 aliphatic rings. The van der Waals surface area contributed by atoms with Gasteiger partial charge in [0.25, 0.3) is 5.91 Å². The van der Waals surface area contributed by atoms with Crippen LogP contribution in [-0.4, -0.2) is 46.4 Å². The molecule has 9 nitrogen and oxygen atoms in total. The highest BCUT2D eigenvalue weighted by Gasteiger charge is 2.36. The Balaban J connectivity index is 3.44. The number of carbonyl (C=O) groups is 4. The van der Waals surface area contributed by atoms with Gasteiger partial charge in [0, 0.05) is 18.5 Å². The van der Waals surface area contributed by atoms with Crippen LogP contribution in [0.1, 0.15) is 77.5 Å². The Kier molecular flexibility index (Phi) is 11.7. The van der Waals surface area contributed by atoms with Crippen molar-refractivity contribution in [2.45, 2.75) is 84.0 Å². The number of amides is 4. The topological polar surface area (TPSA) is 131 Å². The lowest BCUT2D eigenvalue weighted by molar-refractivity contribution is -0.139. The molecular weight excluding hydrogens is 460 g/mol. The van der Waals surface area contributed by atoms with E-state index in [2.05, 4.69) is 23.3 Å². The average Bonchev–Trinajstić information content (AvgIpc) is 2.78. The van der Waals surface area contributed by atoms with Gasteiger partial charge in [0.2, 0.25) is 11.8 Å². The van der Waals surface area contributed by atoms with Crippen LogP contribution in [0, 0.1) is 12.5 Å². The number of primary amides is 1. The van der Waals surface area contributed by atoms with Crippen LogP contribution in [0.2, 0.25) is 0 Å². The Bertz CT molecular complexity index is 993. The highest BCUT2D eigenvalue weighted by Crippen LogP contribution is 2.24. The van der Waals surface area contributed by atoms with E-state index < -0.39 is 41.5 Å². The van der Waals surface area contributed by atoms with Crippen LogP contribution in [0.4, 0.5) is 4.79 Å². The van der Waals surface area contributed by atoms with Crippen molar-refractivity contribution >= 4 is 29.9 Å². The van der Waals surface area contributed by atoms with Gasteiger partial charge in [0.05, 0.1) is 0 Å². The predicted molar refractivity (Wildman–Crippen MR) is 139 cm³/mol. The van der Waals surface area contributed by atoms with Gasteiger partial charge < -0.3 is 21.1 Å². The summed E-state index contributed by atoms with van der Waals surface area (Å²) in [6.45, 7) is 12.6.